The molecule has 3 nitrogen and oxygen atoms in total. The molecular formula is C13H15N3S. The molecule has 17 heavy (non-hydrogen) atoms. The molecule has 1 fully saturated rings. The number of benzene rings is 1. The van der Waals surface area contributed by atoms with E-state index in [1.54, 1.807) is 6.20 Å². The Balaban J connectivity index is 1.87. The van der Waals surface area contributed by atoms with Crippen molar-refractivity contribution in [2.75, 3.05) is 0 Å². The summed E-state index contributed by atoms with van der Waals surface area (Å²) in [6.07, 6.45) is 5.76. The van der Waals surface area contributed by atoms with Gasteiger partial charge in [-0.25, -0.2) is 0 Å². The minimum Gasteiger partial charge on any atom is -0.320 e. The van der Waals surface area contributed by atoms with E-state index in [-0.39, 0.29) is 6.04 Å². The van der Waals surface area contributed by atoms with Crippen molar-refractivity contribution in [3.05, 3.63) is 46.5 Å². The van der Waals surface area contributed by atoms with Crippen LogP contribution in [0.4, 0.5) is 0 Å². The lowest BCUT2D eigenvalue weighted by atomic mass is 9.79. The van der Waals surface area contributed by atoms with Gasteiger partial charge in [-0.3, -0.25) is 0 Å². The van der Waals surface area contributed by atoms with Crippen LogP contribution < -0.4 is 5.73 Å². The van der Waals surface area contributed by atoms with Crippen molar-refractivity contribution < 1.29 is 0 Å². The molecule has 1 aliphatic carbocycles. The molecule has 1 atom stereocenters. The third kappa shape index (κ3) is 2.10. The zero-order valence-electron chi connectivity index (χ0n) is 9.54. The van der Waals surface area contributed by atoms with Crippen molar-refractivity contribution in [3.63, 3.8) is 0 Å². The van der Waals surface area contributed by atoms with Crippen LogP contribution in [0, 0.1) is 0 Å². The summed E-state index contributed by atoms with van der Waals surface area (Å²) >= 11 is 1.37. The lowest BCUT2D eigenvalue weighted by Crippen LogP contribution is -2.13. The van der Waals surface area contributed by atoms with Gasteiger partial charge in [-0.1, -0.05) is 35.2 Å². The van der Waals surface area contributed by atoms with Crippen LogP contribution in [-0.2, 0) is 0 Å². The molecule has 1 aliphatic rings. The summed E-state index contributed by atoms with van der Waals surface area (Å²) in [7, 11) is 0. The van der Waals surface area contributed by atoms with Gasteiger partial charge in [-0.05, 0) is 41.4 Å². The summed E-state index contributed by atoms with van der Waals surface area (Å²) in [5, 5.41) is 3.84. The molecule has 1 unspecified atom stereocenters. The van der Waals surface area contributed by atoms with Gasteiger partial charge in [0, 0.05) is 0 Å². The van der Waals surface area contributed by atoms with E-state index in [9.17, 15) is 0 Å². The van der Waals surface area contributed by atoms with E-state index in [0.29, 0.717) is 0 Å². The third-order valence-electron chi connectivity index (χ3n) is 3.53. The van der Waals surface area contributed by atoms with Gasteiger partial charge in [-0.2, -0.15) is 0 Å². The van der Waals surface area contributed by atoms with E-state index in [1.807, 2.05) is 0 Å². The molecule has 4 heteroatoms. The highest BCUT2D eigenvalue weighted by Crippen LogP contribution is 2.37. The maximum atomic E-state index is 6.22. The summed E-state index contributed by atoms with van der Waals surface area (Å²) in [6, 6.07) is 8.57. The summed E-state index contributed by atoms with van der Waals surface area (Å²) < 4.78 is 3.87. The SMILES string of the molecule is NC(c1cccc(C2CCC2)c1)c1cnns1. The highest BCUT2D eigenvalue weighted by atomic mass is 32.1. The molecule has 0 amide bonds. The van der Waals surface area contributed by atoms with Crippen molar-refractivity contribution in [1.29, 1.82) is 0 Å². The van der Waals surface area contributed by atoms with Gasteiger partial charge in [0.05, 0.1) is 17.1 Å². The standard InChI is InChI=1S/C13H15N3S/c14-13(12-8-15-16-17-12)11-6-2-5-10(7-11)9-3-1-4-9/h2,5-9,13H,1,3-4,14H2. The molecule has 0 saturated heterocycles. The van der Waals surface area contributed by atoms with Crippen LogP contribution in [0.25, 0.3) is 0 Å². The molecule has 0 bridgehead atoms. The van der Waals surface area contributed by atoms with Gasteiger partial charge in [0.1, 0.15) is 0 Å². The Bertz CT molecular complexity index is 491. The summed E-state index contributed by atoms with van der Waals surface area (Å²) in [5.74, 6) is 0.752. The smallest absolute Gasteiger partial charge is 0.0678 e. The number of nitrogens with two attached hydrogens (primary N) is 1. The topological polar surface area (TPSA) is 51.8 Å². The minimum atomic E-state index is -0.0879. The van der Waals surface area contributed by atoms with Gasteiger partial charge in [-0.15, -0.1) is 5.10 Å². The first-order chi connectivity index (χ1) is 8.34. The fraction of sp³-hybridized carbons (Fsp3) is 0.385. The maximum Gasteiger partial charge on any atom is 0.0678 e. The van der Waals surface area contributed by atoms with E-state index >= 15 is 0 Å². The molecule has 2 aromatic rings. The lowest BCUT2D eigenvalue weighted by Gasteiger charge is -2.26. The molecule has 3 rings (SSSR count). The zero-order valence-corrected chi connectivity index (χ0v) is 10.4. The quantitative estimate of drug-likeness (QED) is 0.904. The summed E-state index contributed by atoms with van der Waals surface area (Å²) in [5.41, 5.74) is 8.82. The number of aromatic nitrogens is 2. The Kier molecular flexibility index (Phi) is 2.91. The van der Waals surface area contributed by atoms with Gasteiger partial charge in [0.2, 0.25) is 0 Å². The molecule has 1 saturated carbocycles. The first-order valence-electron chi connectivity index (χ1n) is 5.97. The molecule has 1 aromatic carbocycles. The average molecular weight is 245 g/mol. The van der Waals surface area contributed by atoms with Crippen molar-refractivity contribution in [2.24, 2.45) is 5.73 Å². The van der Waals surface area contributed by atoms with Crippen molar-refractivity contribution in [3.8, 4) is 0 Å². The van der Waals surface area contributed by atoms with Crippen molar-refractivity contribution >= 4 is 11.5 Å². The fourth-order valence-electron chi connectivity index (χ4n) is 2.22. The number of rotatable bonds is 3. The Morgan fingerprint density at radius 1 is 1.35 bits per heavy atom. The van der Waals surface area contributed by atoms with Crippen LogP contribution in [0.2, 0.25) is 0 Å². The second-order valence-corrected chi connectivity index (χ2v) is 5.41. The van der Waals surface area contributed by atoms with Gasteiger partial charge in [0.25, 0.3) is 0 Å². The van der Waals surface area contributed by atoms with Crippen LogP contribution in [0.3, 0.4) is 0 Å². The highest BCUT2D eigenvalue weighted by molar-refractivity contribution is 7.05. The molecule has 2 N–H and O–H groups in total. The number of hydrogen-bond acceptors (Lipinski definition) is 4. The summed E-state index contributed by atoms with van der Waals surface area (Å²) in [4.78, 5) is 1.02. The van der Waals surface area contributed by atoms with Crippen LogP contribution in [0.1, 0.15) is 47.2 Å². The second-order valence-electron chi connectivity index (χ2n) is 4.60. The monoisotopic (exact) mass is 245 g/mol. The Labute approximate surface area is 105 Å². The predicted molar refractivity (Wildman–Crippen MR) is 69.0 cm³/mol. The van der Waals surface area contributed by atoms with Crippen molar-refractivity contribution in [1.82, 2.24) is 9.59 Å². The first kappa shape index (κ1) is 10.9. The molecule has 0 radical (unpaired) electrons. The van der Waals surface area contributed by atoms with E-state index < -0.39 is 0 Å². The minimum absolute atomic E-state index is 0.0879. The average Bonchev–Trinajstić information content (AvgIpc) is 2.79. The van der Waals surface area contributed by atoms with Crippen molar-refractivity contribution in [2.45, 2.75) is 31.2 Å². The van der Waals surface area contributed by atoms with Crippen LogP contribution in [-0.4, -0.2) is 9.59 Å². The van der Waals surface area contributed by atoms with Gasteiger partial charge >= 0.3 is 0 Å². The lowest BCUT2D eigenvalue weighted by molar-refractivity contribution is 0.419. The zero-order chi connectivity index (χ0) is 11.7. The molecular weight excluding hydrogens is 230 g/mol. The largest absolute Gasteiger partial charge is 0.320 e. The highest BCUT2D eigenvalue weighted by Gasteiger charge is 2.20. The maximum absolute atomic E-state index is 6.22. The first-order valence-corrected chi connectivity index (χ1v) is 6.74. The van der Waals surface area contributed by atoms with Gasteiger partial charge in [0.15, 0.2) is 0 Å². The van der Waals surface area contributed by atoms with E-state index in [4.69, 9.17) is 5.73 Å². The third-order valence-corrected chi connectivity index (χ3v) is 4.28. The normalized spacial score (nSPS) is 17.7. The van der Waals surface area contributed by atoms with Crippen LogP contribution in [0.15, 0.2) is 30.5 Å². The predicted octanol–water partition coefficient (Wildman–Crippen LogP) is 2.85. The van der Waals surface area contributed by atoms with Crippen LogP contribution in [0.5, 0.6) is 0 Å². The molecule has 0 aliphatic heterocycles. The van der Waals surface area contributed by atoms with E-state index in [2.05, 4.69) is 33.9 Å². The van der Waals surface area contributed by atoms with E-state index in [0.717, 1.165) is 10.8 Å². The molecule has 0 spiro atoms. The Morgan fingerprint density at radius 2 is 2.24 bits per heavy atom. The number of hydrogen-bond donors (Lipinski definition) is 1. The summed E-state index contributed by atoms with van der Waals surface area (Å²) in [6.45, 7) is 0. The Morgan fingerprint density at radius 3 is 2.88 bits per heavy atom. The fourth-order valence-corrected chi connectivity index (χ4v) is 2.76. The molecule has 88 valence electrons. The second kappa shape index (κ2) is 4.55. The Hall–Kier alpha value is -1.26. The molecule has 1 aromatic heterocycles. The van der Waals surface area contributed by atoms with Crippen LogP contribution >= 0.6 is 11.5 Å². The van der Waals surface area contributed by atoms with E-state index in [1.165, 1.54) is 41.9 Å². The molecule has 1 heterocycles. The van der Waals surface area contributed by atoms with Gasteiger partial charge < -0.3 is 5.73 Å². The number of nitrogens with zero attached hydrogens (tertiary/aromatic N) is 2.